The Kier molecular flexibility index (Phi) is 5.53. The smallest absolute Gasteiger partial charge is 0.318 e. The summed E-state index contributed by atoms with van der Waals surface area (Å²) in [5.41, 5.74) is 0.955. The van der Waals surface area contributed by atoms with Gasteiger partial charge in [0.15, 0.2) is 11.2 Å². The second-order valence-corrected chi connectivity index (χ2v) is 8.95. The van der Waals surface area contributed by atoms with E-state index in [0.29, 0.717) is 10.9 Å². The Morgan fingerprint density at radius 1 is 1.35 bits per heavy atom. The minimum absolute atomic E-state index is 0.230. The van der Waals surface area contributed by atoms with Gasteiger partial charge < -0.3 is 20.7 Å². The van der Waals surface area contributed by atoms with E-state index in [1.54, 1.807) is 6.07 Å². The number of aliphatic hydroxyl groups excluding tert-OH is 2. The third kappa shape index (κ3) is 3.29. The van der Waals surface area contributed by atoms with Gasteiger partial charge in [-0.3, -0.25) is 23.7 Å². The zero-order chi connectivity index (χ0) is 24.9. The highest BCUT2D eigenvalue weighted by Crippen LogP contribution is 2.52. The summed E-state index contributed by atoms with van der Waals surface area (Å²) >= 11 is 0. The molecule has 34 heavy (non-hydrogen) atoms. The maximum absolute atomic E-state index is 13.0. The number of fused-ring (bicyclic) bond motifs is 1. The molecule has 1 aliphatic heterocycles. The van der Waals surface area contributed by atoms with E-state index in [-0.39, 0.29) is 5.56 Å². The predicted molar refractivity (Wildman–Crippen MR) is 111 cm³/mol. The standard InChI is InChI=1S/C17H18N6O10S/c18-15-20-13-11(14(26)21-15)19-8-22(13)17(34(29,30)31)16(33-23(27)28,12(25)10(7-24)32-17)6-9-4-2-1-3-5-9/h1-5,8,10,12,24-25H,6-7H2,(H,29,30,31)(H3,18,20,21,26)/t10-,12-,16-,17+/m1/s1. The second-order valence-electron chi connectivity index (χ2n) is 7.45. The Balaban J connectivity index is 2.14. The van der Waals surface area contributed by atoms with Crippen LogP contribution in [-0.4, -0.2) is 72.2 Å². The Bertz CT molecular complexity index is 1410. The molecule has 1 aliphatic rings. The third-order valence-corrected chi connectivity index (χ3v) is 6.83. The van der Waals surface area contributed by atoms with E-state index in [2.05, 4.69) is 15.0 Å². The average Bonchev–Trinajstić information content (AvgIpc) is 3.26. The molecule has 0 saturated carbocycles. The first-order chi connectivity index (χ1) is 16.0. The minimum atomic E-state index is -5.65. The highest BCUT2D eigenvalue weighted by Gasteiger charge is 2.76. The lowest BCUT2D eigenvalue weighted by Crippen LogP contribution is -2.64. The number of aliphatic hydroxyl groups is 2. The van der Waals surface area contributed by atoms with E-state index in [9.17, 15) is 38.1 Å². The lowest BCUT2D eigenvalue weighted by atomic mass is 9.86. The topological polar surface area (TPSA) is 246 Å². The zero-order valence-electron chi connectivity index (χ0n) is 17.0. The molecule has 6 N–H and O–H groups in total. The largest absolute Gasteiger partial charge is 0.394 e. The molecule has 1 saturated heterocycles. The number of imidazole rings is 1. The number of rotatable bonds is 7. The third-order valence-electron chi connectivity index (χ3n) is 5.49. The number of benzene rings is 1. The van der Waals surface area contributed by atoms with Crippen LogP contribution >= 0.6 is 0 Å². The van der Waals surface area contributed by atoms with Crippen LogP contribution in [0.3, 0.4) is 0 Å². The normalized spacial score (nSPS) is 27.1. The fraction of sp³-hybridized carbons (Fsp3) is 0.353. The van der Waals surface area contributed by atoms with E-state index in [4.69, 9.17) is 15.3 Å². The van der Waals surface area contributed by atoms with Crippen LogP contribution in [0.2, 0.25) is 0 Å². The number of anilines is 1. The van der Waals surface area contributed by atoms with E-state index in [1.807, 2.05) is 0 Å². The zero-order valence-corrected chi connectivity index (χ0v) is 17.8. The highest BCUT2D eigenvalue weighted by atomic mass is 32.2. The van der Waals surface area contributed by atoms with Crippen molar-refractivity contribution in [1.82, 2.24) is 19.5 Å². The molecule has 3 heterocycles. The molecule has 3 aromatic rings. The van der Waals surface area contributed by atoms with Crippen LogP contribution in [0.5, 0.6) is 0 Å². The quantitative estimate of drug-likeness (QED) is 0.136. The Hall–Kier alpha value is -3.64. The number of H-pyrrole nitrogens is 1. The van der Waals surface area contributed by atoms with Gasteiger partial charge in [-0.15, -0.1) is 10.1 Å². The van der Waals surface area contributed by atoms with Crippen molar-refractivity contribution in [2.45, 2.75) is 29.3 Å². The number of nitrogen functional groups attached to an aromatic ring is 1. The van der Waals surface area contributed by atoms with Crippen LogP contribution in [0.25, 0.3) is 11.2 Å². The van der Waals surface area contributed by atoms with Gasteiger partial charge in [-0.2, -0.15) is 13.4 Å². The van der Waals surface area contributed by atoms with Crippen molar-refractivity contribution < 1.29 is 37.8 Å². The maximum Gasteiger partial charge on any atom is 0.318 e. The maximum atomic E-state index is 13.0. The highest BCUT2D eigenvalue weighted by molar-refractivity contribution is 7.86. The number of nitrogens with two attached hydrogens (primary N) is 1. The molecule has 0 bridgehead atoms. The van der Waals surface area contributed by atoms with Crippen molar-refractivity contribution in [3.05, 3.63) is 62.7 Å². The van der Waals surface area contributed by atoms with Gasteiger partial charge in [0.2, 0.25) is 11.5 Å². The molecule has 16 nitrogen and oxygen atoms in total. The van der Waals surface area contributed by atoms with Crippen molar-refractivity contribution in [3.8, 4) is 0 Å². The first-order valence-electron chi connectivity index (χ1n) is 9.51. The first kappa shape index (κ1) is 23.5. The number of nitrogens with one attached hydrogen (secondary N) is 1. The van der Waals surface area contributed by atoms with Gasteiger partial charge in [0.1, 0.15) is 18.5 Å². The monoisotopic (exact) mass is 498 g/mol. The number of hydrogen-bond acceptors (Lipinski definition) is 12. The molecular weight excluding hydrogens is 480 g/mol. The number of aromatic nitrogens is 4. The lowest BCUT2D eigenvalue weighted by molar-refractivity contribution is -0.787. The number of aromatic amines is 1. The summed E-state index contributed by atoms with van der Waals surface area (Å²) < 4.78 is 42.4. The van der Waals surface area contributed by atoms with Gasteiger partial charge in [-0.1, -0.05) is 30.3 Å². The van der Waals surface area contributed by atoms with Gasteiger partial charge in [0, 0.05) is 6.42 Å². The number of hydrogen-bond donors (Lipinski definition) is 5. The fourth-order valence-electron chi connectivity index (χ4n) is 4.19. The summed E-state index contributed by atoms with van der Waals surface area (Å²) in [6.07, 6.45) is -4.01. The Morgan fingerprint density at radius 2 is 2.03 bits per heavy atom. The lowest BCUT2D eigenvalue weighted by Gasteiger charge is -2.41. The van der Waals surface area contributed by atoms with Gasteiger partial charge in [-0.25, -0.2) is 4.98 Å². The van der Waals surface area contributed by atoms with Crippen molar-refractivity contribution in [3.63, 3.8) is 0 Å². The van der Waals surface area contributed by atoms with Gasteiger partial charge in [0.05, 0.1) is 6.61 Å². The molecule has 17 heteroatoms. The van der Waals surface area contributed by atoms with Crippen LogP contribution in [-0.2, 0) is 31.2 Å². The molecule has 0 aliphatic carbocycles. The molecule has 4 atom stereocenters. The molecule has 182 valence electrons. The fourth-order valence-corrected chi connectivity index (χ4v) is 5.49. The van der Waals surface area contributed by atoms with Crippen LogP contribution in [0.15, 0.2) is 41.5 Å². The SMILES string of the molecule is Nc1nc2c(ncn2[C@]2(S(=O)(=O)O)O[C@H](CO)[C@@H](O)[C@@]2(Cc2ccccc2)O[N+](=O)[O-])c(=O)[nH]1. The van der Waals surface area contributed by atoms with Crippen molar-refractivity contribution >= 4 is 27.2 Å². The van der Waals surface area contributed by atoms with Gasteiger partial charge >= 0.3 is 15.2 Å². The molecule has 0 amide bonds. The molecule has 1 fully saturated rings. The average molecular weight is 498 g/mol. The van der Waals surface area contributed by atoms with E-state index >= 15 is 0 Å². The van der Waals surface area contributed by atoms with Crippen molar-refractivity contribution in [2.75, 3.05) is 12.3 Å². The molecule has 4 rings (SSSR count). The molecule has 0 unspecified atom stereocenters. The van der Waals surface area contributed by atoms with E-state index < -0.39 is 73.8 Å². The predicted octanol–water partition coefficient (Wildman–Crippen LogP) is -1.86. The van der Waals surface area contributed by atoms with E-state index in [0.717, 1.165) is 0 Å². The summed E-state index contributed by atoms with van der Waals surface area (Å²) in [5, 5.41) is 27.7. The molecule has 1 aromatic carbocycles. The summed E-state index contributed by atoms with van der Waals surface area (Å²) in [6.45, 7) is -1.03. The number of ether oxygens (including phenoxy) is 1. The molecule has 0 spiro atoms. The summed E-state index contributed by atoms with van der Waals surface area (Å²) in [5.74, 6) is -0.481. The Morgan fingerprint density at radius 3 is 2.62 bits per heavy atom. The van der Waals surface area contributed by atoms with Crippen molar-refractivity contribution in [1.29, 1.82) is 0 Å². The van der Waals surface area contributed by atoms with Crippen LogP contribution in [0.4, 0.5) is 5.95 Å². The molecular formula is C17H18N6O10S. The first-order valence-corrected chi connectivity index (χ1v) is 11.0. The second kappa shape index (κ2) is 7.99. The number of nitrogens with zero attached hydrogens (tertiary/aromatic N) is 4. The molecule has 2 aromatic heterocycles. The van der Waals surface area contributed by atoms with Crippen LogP contribution in [0.1, 0.15) is 5.56 Å². The van der Waals surface area contributed by atoms with Gasteiger partial charge in [-0.05, 0) is 5.56 Å². The summed E-state index contributed by atoms with van der Waals surface area (Å²) in [7, 11) is -5.65. The summed E-state index contributed by atoms with van der Waals surface area (Å²) in [4.78, 5) is 38.4. The summed E-state index contributed by atoms with van der Waals surface area (Å²) in [6, 6.07) is 7.58. The van der Waals surface area contributed by atoms with Gasteiger partial charge in [0.25, 0.3) is 10.6 Å². The van der Waals surface area contributed by atoms with Crippen LogP contribution in [0, 0.1) is 10.1 Å². The van der Waals surface area contributed by atoms with E-state index in [1.165, 1.54) is 24.3 Å². The molecule has 0 radical (unpaired) electrons. The van der Waals surface area contributed by atoms with Crippen LogP contribution < -0.4 is 11.3 Å². The Labute approximate surface area is 189 Å². The van der Waals surface area contributed by atoms with Crippen molar-refractivity contribution in [2.24, 2.45) is 0 Å². The minimum Gasteiger partial charge on any atom is -0.394 e.